The lowest BCUT2D eigenvalue weighted by molar-refractivity contribution is -0.153. The van der Waals surface area contributed by atoms with Crippen LogP contribution >= 0.6 is 0 Å². The van der Waals surface area contributed by atoms with Crippen LogP contribution in [0.1, 0.15) is 32.6 Å². The number of rotatable bonds is 4. The molecule has 0 aromatic carbocycles. The lowest BCUT2D eigenvalue weighted by Crippen LogP contribution is -2.59. The zero-order valence-electron chi connectivity index (χ0n) is 14.8. The Kier molecular flexibility index (Phi) is 5.65. The fraction of sp³-hybridized carbons (Fsp3) is 0.588. The van der Waals surface area contributed by atoms with Crippen LogP contribution in [0.3, 0.4) is 0 Å². The van der Waals surface area contributed by atoms with E-state index in [0.717, 1.165) is 30.6 Å². The minimum atomic E-state index is -0.756. The maximum atomic E-state index is 12.4. The molecule has 9 nitrogen and oxygen atoms in total. The lowest BCUT2D eigenvalue weighted by atomic mass is 9.93. The first kappa shape index (κ1) is 18.1. The first-order valence-electron chi connectivity index (χ1n) is 8.93. The molecule has 4 amide bonds. The Morgan fingerprint density at radius 3 is 2.50 bits per heavy atom. The Labute approximate surface area is 151 Å². The van der Waals surface area contributed by atoms with E-state index in [2.05, 4.69) is 15.3 Å². The van der Waals surface area contributed by atoms with Crippen molar-refractivity contribution in [3.05, 3.63) is 18.5 Å². The number of carbonyl (C=O) groups is 3. The van der Waals surface area contributed by atoms with Crippen LogP contribution in [0.2, 0.25) is 0 Å². The van der Waals surface area contributed by atoms with Gasteiger partial charge in [-0.3, -0.25) is 14.5 Å². The average Bonchev–Trinajstić information content (AvgIpc) is 2.66. The van der Waals surface area contributed by atoms with E-state index in [1.165, 1.54) is 4.90 Å². The van der Waals surface area contributed by atoms with Gasteiger partial charge in [-0.2, -0.15) is 0 Å². The third-order valence-corrected chi connectivity index (χ3v) is 4.75. The highest BCUT2D eigenvalue weighted by molar-refractivity contribution is 6.38. The number of urea groups is 1. The number of aromatic nitrogens is 2. The predicted octanol–water partition coefficient (Wildman–Crippen LogP) is 0.567. The average molecular weight is 361 g/mol. The summed E-state index contributed by atoms with van der Waals surface area (Å²) in [6.45, 7) is 2.89. The van der Waals surface area contributed by atoms with Gasteiger partial charge < -0.3 is 15.0 Å². The number of hydrogen-bond donors (Lipinski definition) is 1. The molecule has 26 heavy (non-hydrogen) atoms. The Bertz CT molecular complexity index is 660. The predicted molar refractivity (Wildman–Crippen MR) is 91.2 cm³/mol. The monoisotopic (exact) mass is 361 g/mol. The molecular weight excluding hydrogens is 338 g/mol. The fourth-order valence-corrected chi connectivity index (χ4v) is 3.24. The molecular formula is C17H23N5O4. The first-order valence-corrected chi connectivity index (χ1v) is 8.93. The number of likely N-dealkylation sites (N-methyl/N-ethyl adjacent to an activating group) is 1. The highest BCUT2D eigenvalue weighted by Crippen LogP contribution is 2.22. The van der Waals surface area contributed by atoms with Gasteiger partial charge in [0.25, 0.3) is 0 Å². The van der Waals surface area contributed by atoms with Crippen LogP contribution in [0.15, 0.2) is 18.5 Å². The van der Waals surface area contributed by atoms with Crippen molar-refractivity contribution in [3.63, 3.8) is 0 Å². The third kappa shape index (κ3) is 4.09. The Hall–Kier alpha value is -2.71. The number of nitrogens with one attached hydrogen (secondary N) is 1. The van der Waals surface area contributed by atoms with Gasteiger partial charge in [-0.15, -0.1) is 0 Å². The van der Waals surface area contributed by atoms with Crippen LogP contribution in [0.4, 0.5) is 4.79 Å². The van der Waals surface area contributed by atoms with Crippen molar-refractivity contribution in [2.75, 3.05) is 19.6 Å². The highest BCUT2D eigenvalue weighted by atomic mass is 16.5. The number of nitrogens with zero attached hydrogens (tertiary/aromatic N) is 4. The molecule has 1 aliphatic heterocycles. The van der Waals surface area contributed by atoms with Crippen molar-refractivity contribution in [1.29, 1.82) is 0 Å². The molecule has 2 heterocycles. The topological polar surface area (TPSA) is 105 Å². The summed E-state index contributed by atoms with van der Waals surface area (Å²) in [5, 5.41) is 2.87. The van der Waals surface area contributed by atoms with Crippen molar-refractivity contribution in [1.82, 2.24) is 25.1 Å². The zero-order chi connectivity index (χ0) is 18.5. The number of amides is 4. The van der Waals surface area contributed by atoms with Gasteiger partial charge in [0.15, 0.2) is 0 Å². The second-order valence-electron chi connectivity index (χ2n) is 6.41. The summed E-state index contributed by atoms with van der Waals surface area (Å²) in [5.41, 5.74) is 0. The summed E-state index contributed by atoms with van der Waals surface area (Å²) in [5.74, 6) is -1.37. The molecule has 1 aliphatic carbocycles. The molecule has 0 radical (unpaired) electrons. The molecule has 9 heteroatoms. The third-order valence-electron chi connectivity index (χ3n) is 4.75. The van der Waals surface area contributed by atoms with Crippen molar-refractivity contribution in [3.8, 4) is 6.01 Å². The number of imide groups is 1. The smallest absolute Gasteiger partial charge is 0.324 e. The molecule has 2 fully saturated rings. The van der Waals surface area contributed by atoms with E-state index in [-0.39, 0.29) is 18.7 Å². The minimum absolute atomic E-state index is 0.0156. The van der Waals surface area contributed by atoms with Gasteiger partial charge >= 0.3 is 23.9 Å². The molecule has 1 N–H and O–H groups in total. The van der Waals surface area contributed by atoms with E-state index < -0.39 is 17.8 Å². The summed E-state index contributed by atoms with van der Waals surface area (Å²) >= 11 is 0. The van der Waals surface area contributed by atoms with Gasteiger partial charge in [-0.05, 0) is 38.7 Å². The quantitative estimate of drug-likeness (QED) is 0.786. The summed E-state index contributed by atoms with van der Waals surface area (Å²) in [6.07, 6.45) is 6.28. The Morgan fingerprint density at radius 1 is 1.15 bits per heavy atom. The van der Waals surface area contributed by atoms with E-state index in [4.69, 9.17) is 4.74 Å². The van der Waals surface area contributed by atoms with Crippen LogP contribution in [-0.4, -0.2) is 69.4 Å². The maximum Gasteiger partial charge on any atom is 0.324 e. The van der Waals surface area contributed by atoms with Gasteiger partial charge in [-0.25, -0.2) is 14.8 Å². The van der Waals surface area contributed by atoms with E-state index in [1.807, 2.05) is 6.92 Å². The van der Waals surface area contributed by atoms with Gasteiger partial charge in [0.2, 0.25) is 0 Å². The minimum Gasteiger partial charge on any atom is -0.460 e. The molecule has 3 rings (SSSR count). The van der Waals surface area contributed by atoms with Crippen LogP contribution in [-0.2, 0) is 9.59 Å². The molecule has 140 valence electrons. The van der Waals surface area contributed by atoms with Crippen LogP contribution in [0.25, 0.3) is 0 Å². The van der Waals surface area contributed by atoms with E-state index >= 15 is 0 Å². The number of ether oxygens (including phenoxy) is 1. The summed E-state index contributed by atoms with van der Waals surface area (Å²) in [4.78, 5) is 46.9. The van der Waals surface area contributed by atoms with Crippen molar-refractivity contribution < 1.29 is 19.1 Å². The van der Waals surface area contributed by atoms with Crippen LogP contribution < -0.4 is 10.1 Å². The van der Waals surface area contributed by atoms with E-state index in [1.54, 1.807) is 18.5 Å². The summed E-state index contributed by atoms with van der Waals surface area (Å²) in [6, 6.07) is 1.56. The largest absolute Gasteiger partial charge is 0.460 e. The van der Waals surface area contributed by atoms with E-state index in [0.29, 0.717) is 19.1 Å². The van der Waals surface area contributed by atoms with Gasteiger partial charge in [0.1, 0.15) is 6.10 Å². The van der Waals surface area contributed by atoms with Crippen LogP contribution in [0.5, 0.6) is 6.01 Å². The standard InChI is InChI=1S/C17H23N5O4/c1-2-21-10-11-22(15(24)14(21)23)17(25)20-12-4-6-13(7-5-12)26-16-18-8-3-9-19-16/h3,8-9,12-13H,2,4-7,10-11H2,1H3,(H,20,25). The van der Waals surface area contributed by atoms with Gasteiger partial charge in [0.05, 0.1) is 0 Å². The van der Waals surface area contributed by atoms with Crippen molar-refractivity contribution in [2.45, 2.75) is 44.8 Å². The van der Waals surface area contributed by atoms with Crippen molar-refractivity contribution in [2.24, 2.45) is 0 Å². The molecule has 0 unspecified atom stereocenters. The molecule has 0 bridgehead atoms. The number of hydrogen-bond acceptors (Lipinski definition) is 6. The fourth-order valence-electron chi connectivity index (χ4n) is 3.24. The SMILES string of the molecule is CCN1CCN(C(=O)NC2CCC(Oc3ncccn3)CC2)C(=O)C1=O. The summed E-state index contributed by atoms with van der Waals surface area (Å²) < 4.78 is 5.73. The normalized spacial score (nSPS) is 23.7. The van der Waals surface area contributed by atoms with Gasteiger partial charge in [-0.1, -0.05) is 0 Å². The van der Waals surface area contributed by atoms with Gasteiger partial charge in [0, 0.05) is 38.1 Å². The number of carbonyl (C=O) groups excluding carboxylic acids is 3. The Balaban J connectivity index is 1.46. The number of piperazine rings is 1. The van der Waals surface area contributed by atoms with E-state index in [9.17, 15) is 14.4 Å². The molecule has 1 aromatic rings. The molecule has 2 aliphatic rings. The van der Waals surface area contributed by atoms with Crippen molar-refractivity contribution >= 4 is 17.8 Å². The highest BCUT2D eigenvalue weighted by Gasteiger charge is 2.36. The maximum absolute atomic E-state index is 12.4. The van der Waals surface area contributed by atoms with Crippen LogP contribution in [0, 0.1) is 0 Å². The second-order valence-corrected chi connectivity index (χ2v) is 6.41. The molecule has 0 spiro atoms. The Morgan fingerprint density at radius 2 is 1.85 bits per heavy atom. The molecule has 1 aromatic heterocycles. The summed E-state index contributed by atoms with van der Waals surface area (Å²) in [7, 11) is 0. The first-order chi connectivity index (χ1) is 12.6. The second kappa shape index (κ2) is 8.11. The zero-order valence-corrected chi connectivity index (χ0v) is 14.8. The molecule has 1 saturated carbocycles. The molecule has 0 atom stereocenters. The lowest BCUT2D eigenvalue weighted by Gasteiger charge is -2.34. The molecule has 1 saturated heterocycles.